The molecule has 1 amide bonds. The predicted octanol–water partition coefficient (Wildman–Crippen LogP) is 3.53. The standard InChI is InChI=1S/C19H22FNO3/c1-3-18(22)15-6-10-17(11-7-15)24-12-19(23)21-13(2)14-4-8-16(20)9-5-14/h4-11,13,18,22H,3,12H2,1-2H3,(H,21,23)/t13-,18-/m1/s1. The Kier molecular flexibility index (Phi) is 6.32. The summed E-state index contributed by atoms with van der Waals surface area (Å²) in [5, 5.41) is 12.5. The molecule has 0 saturated heterocycles. The molecule has 4 nitrogen and oxygen atoms in total. The summed E-state index contributed by atoms with van der Waals surface area (Å²) in [5.74, 6) is -0.00613. The molecule has 0 fully saturated rings. The first kappa shape index (κ1) is 17.9. The van der Waals surface area contributed by atoms with Gasteiger partial charge in [0.05, 0.1) is 12.1 Å². The second-order valence-electron chi connectivity index (χ2n) is 5.62. The summed E-state index contributed by atoms with van der Waals surface area (Å²) in [5.41, 5.74) is 1.64. The molecule has 0 spiro atoms. The number of benzene rings is 2. The minimum absolute atomic E-state index is 0.110. The smallest absolute Gasteiger partial charge is 0.258 e. The van der Waals surface area contributed by atoms with E-state index in [0.717, 1.165) is 11.1 Å². The van der Waals surface area contributed by atoms with Crippen molar-refractivity contribution in [1.29, 1.82) is 0 Å². The normalized spacial score (nSPS) is 13.2. The summed E-state index contributed by atoms with van der Waals surface area (Å²) >= 11 is 0. The van der Waals surface area contributed by atoms with Crippen LogP contribution in [0, 0.1) is 5.82 Å². The van der Waals surface area contributed by atoms with Crippen molar-refractivity contribution in [3.63, 3.8) is 0 Å². The maximum Gasteiger partial charge on any atom is 0.258 e. The maximum absolute atomic E-state index is 12.9. The Hall–Kier alpha value is -2.40. The summed E-state index contributed by atoms with van der Waals surface area (Å²) in [6.07, 6.45) is 0.156. The molecule has 2 N–H and O–H groups in total. The third kappa shape index (κ3) is 5.06. The van der Waals surface area contributed by atoms with E-state index in [2.05, 4.69) is 5.32 Å². The van der Waals surface area contributed by atoms with E-state index in [1.54, 1.807) is 36.4 Å². The lowest BCUT2D eigenvalue weighted by atomic mass is 10.1. The molecule has 0 aromatic heterocycles. The molecule has 0 saturated carbocycles. The van der Waals surface area contributed by atoms with Crippen LogP contribution >= 0.6 is 0 Å². The average Bonchev–Trinajstić information content (AvgIpc) is 2.60. The number of hydrogen-bond donors (Lipinski definition) is 2. The fraction of sp³-hybridized carbons (Fsp3) is 0.316. The quantitative estimate of drug-likeness (QED) is 0.816. The first-order valence-electron chi connectivity index (χ1n) is 7.95. The van der Waals surface area contributed by atoms with Crippen LogP contribution in [0.15, 0.2) is 48.5 Å². The summed E-state index contributed by atoms with van der Waals surface area (Å²) in [6, 6.07) is 12.8. The van der Waals surface area contributed by atoms with Crippen molar-refractivity contribution in [2.24, 2.45) is 0 Å². The maximum atomic E-state index is 12.9. The van der Waals surface area contributed by atoms with Crippen LogP contribution in [0.1, 0.15) is 43.5 Å². The van der Waals surface area contributed by atoms with Gasteiger partial charge in [-0.3, -0.25) is 4.79 Å². The van der Waals surface area contributed by atoms with Gasteiger partial charge in [-0.2, -0.15) is 0 Å². The molecule has 0 radical (unpaired) electrons. The Balaban J connectivity index is 1.83. The summed E-state index contributed by atoms with van der Waals surface area (Å²) in [4.78, 5) is 11.9. The minimum atomic E-state index is -0.487. The van der Waals surface area contributed by atoms with E-state index in [1.165, 1.54) is 12.1 Å². The van der Waals surface area contributed by atoms with Crippen LogP contribution in [-0.4, -0.2) is 17.6 Å². The van der Waals surface area contributed by atoms with Crippen LogP contribution in [0.5, 0.6) is 5.75 Å². The van der Waals surface area contributed by atoms with E-state index in [4.69, 9.17) is 4.74 Å². The third-order valence-corrected chi connectivity index (χ3v) is 3.77. The van der Waals surface area contributed by atoms with Gasteiger partial charge in [-0.15, -0.1) is 0 Å². The van der Waals surface area contributed by atoms with E-state index in [-0.39, 0.29) is 24.4 Å². The van der Waals surface area contributed by atoms with Gasteiger partial charge < -0.3 is 15.2 Å². The van der Waals surface area contributed by atoms with Crippen molar-refractivity contribution in [3.8, 4) is 5.75 Å². The van der Waals surface area contributed by atoms with E-state index in [0.29, 0.717) is 12.2 Å². The van der Waals surface area contributed by atoms with Crippen molar-refractivity contribution >= 4 is 5.91 Å². The van der Waals surface area contributed by atoms with Gasteiger partial charge in [-0.25, -0.2) is 4.39 Å². The topological polar surface area (TPSA) is 58.6 Å². The van der Waals surface area contributed by atoms with Gasteiger partial charge in [-0.1, -0.05) is 31.2 Å². The first-order chi connectivity index (χ1) is 11.5. The van der Waals surface area contributed by atoms with Crippen LogP contribution < -0.4 is 10.1 Å². The van der Waals surface area contributed by atoms with Gasteiger partial charge in [0.25, 0.3) is 5.91 Å². The van der Waals surface area contributed by atoms with Crippen LogP contribution in [0.3, 0.4) is 0 Å². The van der Waals surface area contributed by atoms with Crippen LogP contribution in [0.2, 0.25) is 0 Å². The lowest BCUT2D eigenvalue weighted by Gasteiger charge is -2.15. The fourth-order valence-electron chi connectivity index (χ4n) is 2.29. The molecule has 2 atom stereocenters. The van der Waals surface area contributed by atoms with Gasteiger partial charge in [0, 0.05) is 0 Å². The molecule has 5 heteroatoms. The van der Waals surface area contributed by atoms with Gasteiger partial charge in [-0.05, 0) is 48.7 Å². The Morgan fingerprint density at radius 2 is 1.71 bits per heavy atom. The molecular formula is C19H22FNO3. The zero-order valence-electron chi connectivity index (χ0n) is 13.8. The highest BCUT2D eigenvalue weighted by Crippen LogP contribution is 2.20. The third-order valence-electron chi connectivity index (χ3n) is 3.77. The highest BCUT2D eigenvalue weighted by molar-refractivity contribution is 5.78. The molecule has 0 bridgehead atoms. The average molecular weight is 331 g/mol. The Labute approximate surface area is 141 Å². The molecule has 0 aliphatic carbocycles. The first-order valence-corrected chi connectivity index (χ1v) is 7.95. The van der Waals surface area contributed by atoms with E-state index >= 15 is 0 Å². The zero-order valence-corrected chi connectivity index (χ0v) is 13.8. The molecule has 0 aliphatic rings. The fourth-order valence-corrected chi connectivity index (χ4v) is 2.29. The number of hydrogen-bond acceptors (Lipinski definition) is 3. The lowest BCUT2D eigenvalue weighted by molar-refractivity contribution is -0.123. The number of ether oxygens (including phenoxy) is 1. The van der Waals surface area contributed by atoms with Crippen molar-refractivity contribution < 1.29 is 19.0 Å². The molecule has 128 valence electrons. The van der Waals surface area contributed by atoms with E-state index in [9.17, 15) is 14.3 Å². The minimum Gasteiger partial charge on any atom is -0.484 e. The van der Waals surface area contributed by atoms with E-state index in [1.807, 2.05) is 13.8 Å². The van der Waals surface area contributed by atoms with Gasteiger partial charge >= 0.3 is 0 Å². The number of nitrogens with one attached hydrogen (secondary N) is 1. The van der Waals surface area contributed by atoms with Gasteiger partial charge in [0.2, 0.25) is 0 Å². The van der Waals surface area contributed by atoms with Crippen molar-refractivity contribution in [2.75, 3.05) is 6.61 Å². The van der Waals surface area contributed by atoms with Crippen molar-refractivity contribution in [2.45, 2.75) is 32.4 Å². The number of halogens is 1. The number of carbonyl (C=O) groups excluding carboxylic acids is 1. The number of aliphatic hydroxyl groups is 1. The zero-order chi connectivity index (χ0) is 17.5. The molecule has 0 aliphatic heterocycles. The Morgan fingerprint density at radius 1 is 1.12 bits per heavy atom. The molecule has 0 heterocycles. The van der Waals surface area contributed by atoms with Gasteiger partial charge in [0.1, 0.15) is 11.6 Å². The monoisotopic (exact) mass is 331 g/mol. The summed E-state index contributed by atoms with van der Waals surface area (Å²) in [7, 11) is 0. The van der Waals surface area contributed by atoms with E-state index < -0.39 is 6.10 Å². The highest BCUT2D eigenvalue weighted by atomic mass is 19.1. The van der Waals surface area contributed by atoms with Crippen molar-refractivity contribution in [1.82, 2.24) is 5.32 Å². The number of rotatable bonds is 7. The van der Waals surface area contributed by atoms with Crippen LogP contribution in [0.4, 0.5) is 4.39 Å². The number of carbonyl (C=O) groups is 1. The second-order valence-corrected chi connectivity index (χ2v) is 5.62. The second kappa shape index (κ2) is 8.45. The molecule has 24 heavy (non-hydrogen) atoms. The van der Waals surface area contributed by atoms with Crippen molar-refractivity contribution in [3.05, 3.63) is 65.5 Å². The van der Waals surface area contributed by atoms with Gasteiger partial charge in [0.15, 0.2) is 6.61 Å². The van der Waals surface area contributed by atoms with Crippen LogP contribution in [-0.2, 0) is 4.79 Å². The largest absolute Gasteiger partial charge is 0.484 e. The summed E-state index contributed by atoms with van der Waals surface area (Å²) < 4.78 is 18.3. The Bertz CT molecular complexity index is 655. The predicted molar refractivity (Wildman–Crippen MR) is 90.1 cm³/mol. The van der Waals surface area contributed by atoms with Crippen LogP contribution in [0.25, 0.3) is 0 Å². The summed E-state index contributed by atoms with van der Waals surface area (Å²) in [6.45, 7) is 3.62. The SMILES string of the molecule is CC[C@@H](O)c1ccc(OCC(=O)N[C@H](C)c2ccc(F)cc2)cc1. The number of aliphatic hydroxyl groups excluding tert-OH is 1. The molecule has 2 aromatic rings. The lowest BCUT2D eigenvalue weighted by Crippen LogP contribution is -2.31. The molecule has 0 unspecified atom stereocenters. The number of amides is 1. The molecule has 2 aromatic carbocycles. The Morgan fingerprint density at radius 3 is 2.29 bits per heavy atom. The highest BCUT2D eigenvalue weighted by Gasteiger charge is 2.10. The molecule has 2 rings (SSSR count). The molecular weight excluding hydrogens is 309 g/mol.